The van der Waals surface area contributed by atoms with Gasteiger partial charge < -0.3 is 20.1 Å². The molecular formula is C26H24F2N4O2. The van der Waals surface area contributed by atoms with E-state index in [1.54, 1.807) is 30.5 Å². The van der Waals surface area contributed by atoms with Crippen LogP contribution in [0, 0.1) is 18.6 Å². The maximum absolute atomic E-state index is 14.6. The number of rotatable bonds is 3. The van der Waals surface area contributed by atoms with E-state index in [0.717, 1.165) is 13.1 Å². The molecule has 0 bridgehead atoms. The van der Waals surface area contributed by atoms with Gasteiger partial charge in [-0.05, 0) is 49.4 Å². The van der Waals surface area contributed by atoms with E-state index < -0.39 is 11.6 Å². The average molecular weight is 463 g/mol. The van der Waals surface area contributed by atoms with Gasteiger partial charge >= 0.3 is 0 Å². The Labute approximate surface area is 195 Å². The van der Waals surface area contributed by atoms with Gasteiger partial charge in [0.1, 0.15) is 11.6 Å². The topological polar surface area (TPSA) is 68.4 Å². The molecule has 6 nitrogen and oxygen atoms in total. The van der Waals surface area contributed by atoms with Crippen molar-refractivity contribution in [3.05, 3.63) is 76.6 Å². The van der Waals surface area contributed by atoms with Crippen molar-refractivity contribution in [2.24, 2.45) is 0 Å². The summed E-state index contributed by atoms with van der Waals surface area (Å²) in [6.07, 6.45) is 3.29. The summed E-state index contributed by atoms with van der Waals surface area (Å²) in [6, 6.07) is 8.63. The van der Waals surface area contributed by atoms with Gasteiger partial charge in [-0.1, -0.05) is 18.2 Å². The molecule has 1 saturated heterocycles. The minimum absolute atomic E-state index is 0.0584. The summed E-state index contributed by atoms with van der Waals surface area (Å²) < 4.78 is 29.2. The van der Waals surface area contributed by atoms with Crippen LogP contribution in [0.3, 0.4) is 0 Å². The number of fused-ring (bicyclic) bond motifs is 1. The number of benzene rings is 2. The van der Waals surface area contributed by atoms with Crippen molar-refractivity contribution in [3.63, 3.8) is 0 Å². The first-order chi connectivity index (χ1) is 16.3. The SMILES string of the molecule is Cc1c(C(=O)N2CCN(C)CC2)c[nH]c1C=C1C(=O)Nc2cccc(-c3c(F)cccc3F)c21. The lowest BCUT2D eigenvalue weighted by atomic mass is 9.93. The first kappa shape index (κ1) is 22.0. The second-order valence-electron chi connectivity index (χ2n) is 8.67. The minimum Gasteiger partial charge on any atom is -0.361 e. The average Bonchev–Trinajstić information content (AvgIpc) is 3.33. The third-order valence-electron chi connectivity index (χ3n) is 6.55. The van der Waals surface area contributed by atoms with E-state index in [1.165, 1.54) is 18.2 Å². The lowest BCUT2D eigenvalue weighted by molar-refractivity contribution is -0.110. The Hall–Kier alpha value is -3.78. The predicted molar refractivity (Wildman–Crippen MR) is 127 cm³/mol. The molecule has 0 aliphatic carbocycles. The third kappa shape index (κ3) is 3.70. The summed E-state index contributed by atoms with van der Waals surface area (Å²) in [6.45, 7) is 4.77. The van der Waals surface area contributed by atoms with Gasteiger partial charge in [-0.25, -0.2) is 8.78 Å². The Morgan fingerprint density at radius 3 is 2.38 bits per heavy atom. The van der Waals surface area contributed by atoms with Crippen molar-refractivity contribution in [1.82, 2.24) is 14.8 Å². The summed E-state index contributed by atoms with van der Waals surface area (Å²) >= 11 is 0. The highest BCUT2D eigenvalue weighted by Gasteiger charge is 2.30. The van der Waals surface area contributed by atoms with Gasteiger partial charge in [0.05, 0.1) is 16.7 Å². The first-order valence-electron chi connectivity index (χ1n) is 11.1. The van der Waals surface area contributed by atoms with E-state index in [0.29, 0.717) is 41.2 Å². The predicted octanol–water partition coefficient (Wildman–Crippen LogP) is 4.15. The van der Waals surface area contributed by atoms with Crippen LogP contribution >= 0.6 is 0 Å². The number of amides is 2. The largest absolute Gasteiger partial charge is 0.361 e. The van der Waals surface area contributed by atoms with E-state index in [4.69, 9.17) is 0 Å². The number of likely N-dealkylation sites (N-methyl/N-ethyl adjacent to an activating group) is 1. The zero-order valence-electron chi connectivity index (χ0n) is 18.9. The molecule has 34 heavy (non-hydrogen) atoms. The quantitative estimate of drug-likeness (QED) is 0.575. The van der Waals surface area contributed by atoms with Crippen LogP contribution in [0.5, 0.6) is 0 Å². The molecule has 8 heteroatoms. The van der Waals surface area contributed by atoms with Crippen molar-refractivity contribution in [2.75, 3.05) is 38.5 Å². The van der Waals surface area contributed by atoms with E-state index >= 15 is 0 Å². The zero-order valence-corrected chi connectivity index (χ0v) is 18.9. The number of nitrogens with one attached hydrogen (secondary N) is 2. The number of hydrogen-bond donors (Lipinski definition) is 2. The van der Waals surface area contributed by atoms with Crippen LogP contribution in [-0.2, 0) is 4.79 Å². The number of carbonyl (C=O) groups excluding carboxylic acids is 2. The summed E-state index contributed by atoms with van der Waals surface area (Å²) in [5, 5.41) is 2.78. The number of nitrogens with zero attached hydrogens (tertiary/aromatic N) is 2. The molecule has 5 rings (SSSR count). The molecule has 0 radical (unpaired) electrons. The number of halogens is 2. The Bertz CT molecular complexity index is 1320. The van der Waals surface area contributed by atoms with Gasteiger partial charge in [0.15, 0.2) is 0 Å². The molecule has 2 N–H and O–H groups in total. The molecule has 2 aliphatic heterocycles. The highest BCUT2D eigenvalue weighted by Crippen LogP contribution is 2.42. The van der Waals surface area contributed by atoms with Crippen LogP contribution in [0.2, 0.25) is 0 Å². The van der Waals surface area contributed by atoms with Crippen LogP contribution in [0.4, 0.5) is 14.5 Å². The number of H-pyrrole nitrogens is 1. The molecule has 2 aromatic carbocycles. The molecular weight excluding hydrogens is 438 g/mol. The fraction of sp³-hybridized carbons (Fsp3) is 0.231. The zero-order chi connectivity index (χ0) is 24.0. The van der Waals surface area contributed by atoms with Crippen molar-refractivity contribution in [3.8, 4) is 11.1 Å². The molecule has 3 aromatic rings. The van der Waals surface area contributed by atoms with Gasteiger partial charge in [0.25, 0.3) is 11.8 Å². The molecule has 3 heterocycles. The maximum Gasteiger partial charge on any atom is 0.256 e. The standard InChI is InChI=1S/C26H24F2N4O2/c1-15-18(26(34)32-11-9-31(2)10-12-32)14-29-22(15)13-17-23-16(5-3-8-21(23)30-25(17)33)24-19(27)6-4-7-20(24)28/h3-8,13-14,29H,9-12H2,1-2H3,(H,30,33). The Morgan fingerprint density at radius 2 is 1.68 bits per heavy atom. The first-order valence-corrected chi connectivity index (χ1v) is 11.1. The van der Waals surface area contributed by atoms with Crippen molar-refractivity contribution >= 4 is 29.2 Å². The molecule has 2 aliphatic rings. The normalized spacial score (nSPS) is 17.2. The molecule has 0 spiro atoms. The second kappa shape index (κ2) is 8.53. The van der Waals surface area contributed by atoms with Crippen LogP contribution in [0.15, 0.2) is 42.6 Å². The number of piperazine rings is 1. The highest BCUT2D eigenvalue weighted by atomic mass is 19.1. The number of anilines is 1. The van der Waals surface area contributed by atoms with E-state index in [9.17, 15) is 18.4 Å². The fourth-order valence-electron chi connectivity index (χ4n) is 4.56. The molecule has 0 saturated carbocycles. The van der Waals surface area contributed by atoms with Crippen LogP contribution in [-0.4, -0.2) is 59.8 Å². The third-order valence-corrected chi connectivity index (χ3v) is 6.55. The minimum atomic E-state index is -0.705. The van der Waals surface area contributed by atoms with Crippen molar-refractivity contribution < 1.29 is 18.4 Å². The Kier molecular flexibility index (Phi) is 5.53. The molecule has 1 fully saturated rings. The van der Waals surface area contributed by atoms with Crippen LogP contribution in [0.25, 0.3) is 22.8 Å². The number of hydrogen-bond acceptors (Lipinski definition) is 3. The molecule has 0 atom stereocenters. The molecule has 1 aromatic heterocycles. The smallest absolute Gasteiger partial charge is 0.256 e. The summed E-state index contributed by atoms with van der Waals surface area (Å²) in [4.78, 5) is 33.0. The lowest BCUT2D eigenvalue weighted by Crippen LogP contribution is -2.47. The van der Waals surface area contributed by atoms with Crippen LogP contribution < -0.4 is 5.32 Å². The summed E-state index contributed by atoms with van der Waals surface area (Å²) in [5.74, 6) is -1.84. The molecule has 174 valence electrons. The number of aromatic nitrogens is 1. The second-order valence-corrected chi connectivity index (χ2v) is 8.67. The van der Waals surface area contributed by atoms with E-state index in [1.807, 2.05) is 18.9 Å². The van der Waals surface area contributed by atoms with Gasteiger partial charge in [-0.2, -0.15) is 0 Å². The van der Waals surface area contributed by atoms with Gasteiger partial charge in [0.2, 0.25) is 0 Å². The Balaban J connectivity index is 1.55. The van der Waals surface area contributed by atoms with E-state index in [-0.39, 0.29) is 28.5 Å². The fourth-order valence-corrected chi connectivity index (χ4v) is 4.56. The Morgan fingerprint density at radius 1 is 1.00 bits per heavy atom. The summed E-state index contributed by atoms with van der Waals surface area (Å²) in [5.41, 5.74) is 3.14. The monoisotopic (exact) mass is 462 g/mol. The van der Waals surface area contributed by atoms with Gasteiger partial charge in [-0.3, -0.25) is 9.59 Å². The highest BCUT2D eigenvalue weighted by molar-refractivity contribution is 6.36. The maximum atomic E-state index is 14.6. The summed E-state index contributed by atoms with van der Waals surface area (Å²) in [7, 11) is 2.03. The van der Waals surface area contributed by atoms with Gasteiger partial charge in [-0.15, -0.1) is 0 Å². The molecule has 0 unspecified atom stereocenters. The van der Waals surface area contributed by atoms with Crippen molar-refractivity contribution in [1.29, 1.82) is 0 Å². The van der Waals surface area contributed by atoms with Crippen molar-refractivity contribution in [2.45, 2.75) is 6.92 Å². The van der Waals surface area contributed by atoms with Gasteiger partial charge in [0, 0.05) is 49.3 Å². The lowest BCUT2D eigenvalue weighted by Gasteiger charge is -2.32. The van der Waals surface area contributed by atoms with E-state index in [2.05, 4.69) is 15.2 Å². The number of carbonyl (C=O) groups is 2. The molecule has 2 amide bonds. The van der Waals surface area contributed by atoms with Crippen LogP contribution in [0.1, 0.15) is 27.2 Å². The number of aromatic amines is 1.